The quantitative estimate of drug-likeness (QED) is 0.890. The molecule has 2 rings (SSSR count). The fourth-order valence-electron chi connectivity index (χ4n) is 2.39. The van der Waals surface area contributed by atoms with E-state index in [2.05, 4.69) is 16.9 Å². The molecule has 1 aromatic heterocycles. The molecule has 1 saturated carbocycles. The highest BCUT2D eigenvalue weighted by Crippen LogP contribution is 2.41. The molecule has 0 spiro atoms. The first-order chi connectivity index (χ1) is 8.59. The zero-order valence-corrected chi connectivity index (χ0v) is 11.1. The van der Waals surface area contributed by atoms with Gasteiger partial charge in [0.2, 0.25) is 11.8 Å². The van der Waals surface area contributed by atoms with Crippen molar-refractivity contribution in [3.63, 3.8) is 0 Å². The van der Waals surface area contributed by atoms with Crippen LogP contribution in [0.3, 0.4) is 0 Å². The van der Waals surface area contributed by atoms with Crippen LogP contribution in [0, 0.1) is 5.92 Å². The molecule has 0 bridgehead atoms. The van der Waals surface area contributed by atoms with E-state index in [9.17, 15) is 5.11 Å². The Bertz CT molecular complexity index is 415. The Morgan fingerprint density at radius 3 is 2.50 bits per heavy atom. The minimum Gasteiger partial charge on any atom is -0.480 e. The molecule has 5 nitrogen and oxygen atoms in total. The molecule has 0 amide bonds. The van der Waals surface area contributed by atoms with E-state index in [0.717, 1.165) is 12.8 Å². The zero-order chi connectivity index (χ0) is 13.2. The summed E-state index contributed by atoms with van der Waals surface area (Å²) in [5.74, 6) is 1.40. The predicted molar refractivity (Wildman–Crippen MR) is 66.7 cm³/mol. The van der Waals surface area contributed by atoms with Crippen molar-refractivity contribution in [2.24, 2.45) is 5.92 Å². The molecule has 1 heterocycles. The van der Waals surface area contributed by atoms with E-state index in [-0.39, 0.29) is 0 Å². The minimum absolute atomic E-state index is 0.353. The fraction of sp³-hybridized carbons (Fsp3) is 0.692. The highest BCUT2D eigenvalue weighted by atomic mass is 16.5. The minimum atomic E-state index is -0.920. The van der Waals surface area contributed by atoms with Crippen LogP contribution >= 0.6 is 0 Å². The average molecular weight is 252 g/mol. The summed E-state index contributed by atoms with van der Waals surface area (Å²) in [5.41, 5.74) is -0.394. The van der Waals surface area contributed by atoms with Crippen LogP contribution in [-0.4, -0.2) is 29.3 Å². The van der Waals surface area contributed by atoms with Crippen molar-refractivity contribution >= 4 is 0 Å². The van der Waals surface area contributed by atoms with Gasteiger partial charge in [0.1, 0.15) is 11.3 Å². The smallest absolute Gasteiger partial charge is 0.241 e. The van der Waals surface area contributed by atoms with Crippen LogP contribution in [0.2, 0.25) is 0 Å². The molecule has 0 aromatic carbocycles. The second-order valence-electron chi connectivity index (χ2n) is 4.98. The fourth-order valence-corrected chi connectivity index (χ4v) is 2.39. The van der Waals surface area contributed by atoms with Gasteiger partial charge in [0, 0.05) is 0 Å². The first-order valence-electron chi connectivity index (χ1n) is 6.27. The van der Waals surface area contributed by atoms with Gasteiger partial charge in [-0.25, -0.2) is 4.98 Å². The Balaban J connectivity index is 2.32. The standard InChI is InChI=1S/C13H20N2O3/c1-9-4-6-13(16,7-5-9)11-12(18-3)15-10(17-2)8-14-11/h8-9,16H,4-7H2,1-3H3. The van der Waals surface area contributed by atoms with E-state index in [4.69, 9.17) is 9.47 Å². The van der Waals surface area contributed by atoms with Crippen molar-refractivity contribution in [3.05, 3.63) is 11.9 Å². The molecule has 1 fully saturated rings. The molecule has 0 saturated heterocycles. The van der Waals surface area contributed by atoms with Gasteiger partial charge in [-0.1, -0.05) is 6.92 Å². The van der Waals surface area contributed by atoms with E-state index in [0.29, 0.717) is 36.2 Å². The Morgan fingerprint density at radius 2 is 1.94 bits per heavy atom. The number of hydrogen-bond acceptors (Lipinski definition) is 5. The second-order valence-corrected chi connectivity index (χ2v) is 4.98. The number of nitrogens with zero attached hydrogens (tertiary/aromatic N) is 2. The predicted octanol–water partition coefficient (Wildman–Crippen LogP) is 1.89. The SMILES string of the molecule is COc1cnc(C2(O)CCC(C)CC2)c(OC)n1. The van der Waals surface area contributed by atoms with Crippen LogP contribution in [0.1, 0.15) is 38.3 Å². The van der Waals surface area contributed by atoms with Crippen molar-refractivity contribution in [1.82, 2.24) is 9.97 Å². The summed E-state index contributed by atoms with van der Waals surface area (Å²) in [6, 6.07) is 0. The number of aromatic nitrogens is 2. The molecular weight excluding hydrogens is 232 g/mol. The zero-order valence-electron chi connectivity index (χ0n) is 11.1. The summed E-state index contributed by atoms with van der Waals surface area (Å²) < 4.78 is 10.2. The summed E-state index contributed by atoms with van der Waals surface area (Å²) >= 11 is 0. The lowest BCUT2D eigenvalue weighted by Crippen LogP contribution is -2.32. The Hall–Kier alpha value is -1.36. The third-order valence-corrected chi connectivity index (χ3v) is 3.66. The first kappa shape index (κ1) is 13.1. The topological polar surface area (TPSA) is 64.5 Å². The molecule has 0 unspecified atom stereocenters. The van der Waals surface area contributed by atoms with E-state index in [1.807, 2.05) is 0 Å². The van der Waals surface area contributed by atoms with Gasteiger partial charge >= 0.3 is 0 Å². The van der Waals surface area contributed by atoms with E-state index in [1.165, 1.54) is 20.4 Å². The van der Waals surface area contributed by atoms with Crippen LogP contribution in [0.5, 0.6) is 11.8 Å². The van der Waals surface area contributed by atoms with E-state index in [1.54, 1.807) is 0 Å². The molecule has 1 aliphatic carbocycles. The molecule has 100 valence electrons. The van der Waals surface area contributed by atoms with Crippen LogP contribution in [0.4, 0.5) is 0 Å². The molecule has 0 atom stereocenters. The third-order valence-electron chi connectivity index (χ3n) is 3.66. The molecule has 1 aliphatic rings. The summed E-state index contributed by atoms with van der Waals surface area (Å²) in [6.07, 6.45) is 4.91. The third kappa shape index (κ3) is 2.41. The molecule has 18 heavy (non-hydrogen) atoms. The van der Waals surface area contributed by atoms with E-state index >= 15 is 0 Å². The maximum Gasteiger partial charge on any atom is 0.241 e. The van der Waals surface area contributed by atoms with Crippen LogP contribution in [-0.2, 0) is 5.60 Å². The maximum atomic E-state index is 10.7. The van der Waals surface area contributed by atoms with Crippen molar-refractivity contribution < 1.29 is 14.6 Å². The Morgan fingerprint density at radius 1 is 1.28 bits per heavy atom. The molecule has 1 N–H and O–H groups in total. The first-order valence-corrected chi connectivity index (χ1v) is 6.27. The number of aliphatic hydroxyl groups is 1. The highest BCUT2D eigenvalue weighted by molar-refractivity contribution is 5.28. The van der Waals surface area contributed by atoms with Gasteiger partial charge in [-0.3, -0.25) is 0 Å². The maximum absolute atomic E-state index is 10.7. The average Bonchev–Trinajstić information content (AvgIpc) is 2.41. The lowest BCUT2D eigenvalue weighted by Gasteiger charge is -2.34. The van der Waals surface area contributed by atoms with Gasteiger partial charge in [-0.05, 0) is 31.6 Å². The number of hydrogen-bond donors (Lipinski definition) is 1. The van der Waals surface area contributed by atoms with E-state index < -0.39 is 5.60 Å². The summed E-state index contributed by atoms with van der Waals surface area (Å²) in [5, 5.41) is 10.7. The summed E-state index contributed by atoms with van der Waals surface area (Å²) in [7, 11) is 3.06. The molecular formula is C13H20N2O3. The van der Waals surface area contributed by atoms with Crippen molar-refractivity contribution in [2.75, 3.05) is 14.2 Å². The highest BCUT2D eigenvalue weighted by Gasteiger charge is 2.38. The molecule has 0 radical (unpaired) electrons. The Labute approximate surface area is 107 Å². The number of rotatable bonds is 3. The van der Waals surface area contributed by atoms with Gasteiger partial charge < -0.3 is 14.6 Å². The second kappa shape index (κ2) is 5.10. The molecule has 5 heteroatoms. The lowest BCUT2D eigenvalue weighted by atomic mass is 9.78. The van der Waals surface area contributed by atoms with Crippen LogP contribution < -0.4 is 9.47 Å². The monoisotopic (exact) mass is 252 g/mol. The van der Waals surface area contributed by atoms with Crippen LogP contribution in [0.15, 0.2) is 6.20 Å². The molecule has 0 aliphatic heterocycles. The van der Waals surface area contributed by atoms with Gasteiger partial charge in [-0.2, -0.15) is 4.98 Å². The number of ether oxygens (including phenoxy) is 2. The largest absolute Gasteiger partial charge is 0.480 e. The van der Waals surface area contributed by atoms with Crippen molar-refractivity contribution in [2.45, 2.75) is 38.2 Å². The summed E-state index contributed by atoms with van der Waals surface area (Å²) in [4.78, 5) is 8.46. The Kier molecular flexibility index (Phi) is 3.71. The normalized spacial score (nSPS) is 27.9. The van der Waals surface area contributed by atoms with Gasteiger partial charge in [-0.15, -0.1) is 0 Å². The van der Waals surface area contributed by atoms with Crippen LogP contribution in [0.25, 0.3) is 0 Å². The number of methoxy groups -OCH3 is 2. The van der Waals surface area contributed by atoms with Gasteiger partial charge in [0.05, 0.1) is 20.4 Å². The van der Waals surface area contributed by atoms with Gasteiger partial charge in [0.25, 0.3) is 0 Å². The molecule has 1 aromatic rings. The van der Waals surface area contributed by atoms with Gasteiger partial charge in [0.15, 0.2) is 0 Å². The van der Waals surface area contributed by atoms with Crippen molar-refractivity contribution in [1.29, 1.82) is 0 Å². The summed E-state index contributed by atoms with van der Waals surface area (Å²) in [6.45, 7) is 2.20. The lowest BCUT2D eigenvalue weighted by molar-refractivity contribution is -0.0183. The van der Waals surface area contributed by atoms with Crippen molar-refractivity contribution in [3.8, 4) is 11.8 Å².